The maximum Gasteiger partial charge on any atom is 0.303 e. The largest absolute Gasteiger partial charge is 0.458 e. The molecule has 3 aromatic carbocycles. The third-order valence-electron chi connectivity index (χ3n) is 8.56. The SMILES string of the molecule is CCCCCCCC[C@@H](/C=C/c1cccc([C@H](CCCCO)OC(C)=O)c1)O[Si](c1ccccc1)(c1ccccc1)C(C)(C)C. The quantitative estimate of drug-likeness (QED) is 0.0817. The van der Waals surface area contributed by atoms with Gasteiger partial charge in [-0.3, -0.25) is 4.79 Å². The van der Waals surface area contributed by atoms with Crippen LogP contribution in [0.4, 0.5) is 0 Å². The number of unbranched alkanes of at least 4 members (excludes halogenated alkanes) is 6. The first-order valence-electron chi connectivity index (χ1n) is 17.1. The van der Waals surface area contributed by atoms with E-state index in [0.717, 1.165) is 30.4 Å². The molecule has 0 unspecified atom stereocenters. The average Bonchev–Trinajstić information content (AvgIpc) is 3.03. The van der Waals surface area contributed by atoms with Crippen molar-refractivity contribution in [2.45, 2.75) is 116 Å². The van der Waals surface area contributed by atoms with Gasteiger partial charge < -0.3 is 14.3 Å². The second-order valence-electron chi connectivity index (χ2n) is 13.2. The van der Waals surface area contributed by atoms with Crippen LogP contribution in [0.25, 0.3) is 6.08 Å². The Morgan fingerprint density at radius 3 is 1.98 bits per heavy atom. The summed E-state index contributed by atoms with van der Waals surface area (Å²) >= 11 is 0. The summed E-state index contributed by atoms with van der Waals surface area (Å²) < 4.78 is 13.3. The molecule has 0 saturated carbocycles. The molecule has 3 rings (SSSR count). The van der Waals surface area contributed by atoms with E-state index >= 15 is 0 Å². The van der Waals surface area contributed by atoms with Crippen molar-refractivity contribution < 1.29 is 19.1 Å². The smallest absolute Gasteiger partial charge is 0.303 e. The fourth-order valence-corrected chi connectivity index (χ4v) is 10.9. The Kier molecular flexibility index (Phi) is 15.3. The molecule has 0 heterocycles. The highest BCUT2D eigenvalue weighted by molar-refractivity contribution is 6.99. The summed E-state index contributed by atoms with van der Waals surface area (Å²) in [6.45, 7) is 10.9. The lowest BCUT2D eigenvalue weighted by atomic mass is 10.0. The summed E-state index contributed by atoms with van der Waals surface area (Å²) in [4.78, 5) is 11.9. The Labute approximate surface area is 274 Å². The Bertz CT molecular complexity index is 1240. The van der Waals surface area contributed by atoms with Gasteiger partial charge in [-0.15, -0.1) is 0 Å². The van der Waals surface area contributed by atoms with Crippen LogP contribution < -0.4 is 10.4 Å². The van der Waals surface area contributed by atoms with Crippen molar-refractivity contribution in [3.8, 4) is 0 Å². The molecule has 0 aromatic heterocycles. The van der Waals surface area contributed by atoms with Gasteiger partial charge in [-0.1, -0.05) is 157 Å². The highest BCUT2D eigenvalue weighted by Crippen LogP contribution is 2.38. The van der Waals surface area contributed by atoms with Gasteiger partial charge in [0.1, 0.15) is 6.10 Å². The molecule has 2 atom stereocenters. The Morgan fingerprint density at radius 2 is 1.40 bits per heavy atom. The summed E-state index contributed by atoms with van der Waals surface area (Å²) in [5, 5.41) is 11.7. The number of aliphatic hydroxyl groups excluding tert-OH is 1. The van der Waals surface area contributed by atoms with E-state index in [1.165, 1.54) is 49.4 Å². The molecule has 5 heteroatoms. The van der Waals surface area contributed by atoms with Crippen molar-refractivity contribution in [3.05, 3.63) is 102 Å². The maximum atomic E-state index is 11.9. The summed E-state index contributed by atoms with van der Waals surface area (Å²) in [5.74, 6) is -0.289. The van der Waals surface area contributed by atoms with Crippen molar-refractivity contribution >= 4 is 30.7 Å². The second kappa shape index (κ2) is 18.9. The number of carbonyl (C=O) groups excluding carboxylic acids is 1. The normalized spacial score (nSPS) is 13.6. The molecule has 0 radical (unpaired) electrons. The van der Waals surface area contributed by atoms with Crippen LogP contribution in [0.3, 0.4) is 0 Å². The topological polar surface area (TPSA) is 55.8 Å². The van der Waals surface area contributed by atoms with Crippen LogP contribution in [0.1, 0.15) is 116 Å². The predicted octanol–water partition coefficient (Wildman–Crippen LogP) is 9.16. The van der Waals surface area contributed by atoms with E-state index in [0.29, 0.717) is 12.8 Å². The maximum absolute atomic E-state index is 11.9. The van der Waals surface area contributed by atoms with E-state index in [-0.39, 0.29) is 29.8 Å². The van der Waals surface area contributed by atoms with E-state index in [4.69, 9.17) is 9.16 Å². The molecule has 45 heavy (non-hydrogen) atoms. The molecule has 0 bridgehead atoms. The number of ether oxygens (including phenoxy) is 1. The fraction of sp³-hybridized carbons (Fsp3) is 0.475. The van der Waals surface area contributed by atoms with Crippen molar-refractivity contribution in [2.24, 2.45) is 0 Å². The summed E-state index contributed by atoms with van der Waals surface area (Å²) in [7, 11) is -2.73. The second-order valence-corrected chi connectivity index (χ2v) is 17.5. The molecule has 244 valence electrons. The first kappa shape index (κ1) is 36.5. The number of benzene rings is 3. The molecule has 0 aliphatic rings. The van der Waals surface area contributed by atoms with E-state index < -0.39 is 8.32 Å². The number of aliphatic hydroxyl groups is 1. The first-order valence-corrected chi connectivity index (χ1v) is 19.0. The van der Waals surface area contributed by atoms with Crippen LogP contribution in [-0.2, 0) is 14.0 Å². The Balaban J connectivity index is 1.99. The van der Waals surface area contributed by atoms with Gasteiger partial charge >= 0.3 is 5.97 Å². The highest BCUT2D eigenvalue weighted by Gasteiger charge is 2.51. The molecule has 1 N–H and O–H groups in total. The zero-order chi connectivity index (χ0) is 32.5. The highest BCUT2D eigenvalue weighted by atomic mass is 28.4. The third-order valence-corrected chi connectivity index (χ3v) is 13.6. The lowest BCUT2D eigenvalue weighted by molar-refractivity contribution is -0.147. The zero-order valence-corrected chi connectivity index (χ0v) is 29.3. The minimum atomic E-state index is -2.73. The Morgan fingerprint density at radius 1 is 0.800 bits per heavy atom. The van der Waals surface area contributed by atoms with Gasteiger partial charge in [0.2, 0.25) is 0 Å². The zero-order valence-electron chi connectivity index (χ0n) is 28.3. The number of hydrogen-bond donors (Lipinski definition) is 1. The molecule has 0 amide bonds. The number of esters is 1. The van der Waals surface area contributed by atoms with Gasteiger partial charge in [0, 0.05) is 13.5 Å². The fourth-order valence-electron chi connectivity index (χ4n) is 6.26. The standard InChI is InChI=1S/C40H56O4Si/c1-6-7-8-9-10-13-23-36(30-29-34-21-20-22-35(32-34)39(43-33(2)42)28-18-19-31-41)44-45(40(3,4)5,37-24-14-11-15-25-37)38-26-16-12-17-27-38/h11-12,14-17,20-22,24-27,29-30,32,36,39,41H,6-10,13,18-19,23,28,31H2,1-5H3/b30-29+/t36-,39-/m0/s1. The molecular weight excluding hydrogens is 573 g/mol. The number of carbonyl (C=O) groups is 1. The average molecular weight is 629 g/mol. The molecule has 0 spiro atoms. The van der Waals surface area contributed by atoms with Crippen molar-refractivity contribution in [2.75, 3.05) is 6.61 Å². The molecule has 3 aromatic rings. The molecule has 0 saturated heterocycles. The van der Waals surface area contributed by atoms with Gasteiger partial charge in [0.15, 0.2) is 0 Å². The van der Waals surface area contributed by atoms with Gasteiger partial charge in [-0.05, 0) is 58.3 Å². The molecule has 0 aliphatic heterocycles. The first-order chi connectivity index (χ1) is 21.7. The summed E-state index contributed by atoms with van der Waals surface area (Å²) in [5.41, 5.74) is 2.04. The minimum Gasteiger partial charge on any atom is -0.458 e. The summed E-state index contributed by atoms with van der Waals surface area (Å²) in [6.07, 6.45) is 14.6. The van der Waals surface area contributed by atoms with Gasteiger partial charge in [-0.25, -0.2) is 0 Å². The Hall–Kier alpha value is -2.99. The van der Waals surface area contributed by atoms with E-state index in [1.807, 2.05) is 12.1 Å². The monoisotopic (exact) mass is 628 g/mol. The van der Waals surface area contributed by atoms with Crippen LogP contribution in [-0.4, -0.2) is 32.1 Å². The van der Waals surface area contributed by atoms with Crippen LogP contribution in [0.2, 0.25) is 5.04 Å². The van der Waals surface area contributed by atoms with Crippen LogP contribution in [0.15, 0.2) is 91.0 Å². The van der Waals surface area contributed by atoms with Gasteiger partial charge in [0.25, 0.3) is 8.32 Å². The molecule has 4 nitrogen and oxygen atoms in total. The van der Waals surface area contributed by atoms with Crippen LogP contribution in [0.5, 0.6) is 0 Å². The number of rotatable bonds is 19. The molecular formula is C40H56O4Si. The van der Waals surface area contributed by atoms with E-state index in [9.17, 15) is 9.90 Å². The van der Waals surface area contributed by atoms with Crippen LogP contribution >= 0.6 is 0 Å². The van der Waals surface area contributed by atoms with Crippen molar-refractivity contribution in [1.82, 2.24) is 0 Å². The van der Waals surface area contributed by atoms with Crippen LogP contribution in [0, 0.1) is 0 Å². The van der Waals surface area contributed by atoms with Gasteiger partial charge in [0.05, 0.1) is 6.10 Å². The lowest BCUT2D eigenvalue weighted by Crippen LogP contribution is -2.67. The van der Waals surface area contributed by atoms with E-state index in [1.54, 1.807) is 0 Å². The molecule has 0 aliphatic carbocycles. The predicted molar refractivity (Wildman–Crippen MR) is 191 cm³/mol. The lowest BCUT2D eigenvalue weighted by Gasteiger charge is -2.45. The van der Waals surface area contributed by atoms with E-state index in [2.05, 4.69) is 113 Å². The number of hydrogen-bond acceptors (Lipinski definition) is 4. The minimum absolute atomic E-state index is 0.0556. The van der Waals surface area contributed by atoms with Gasteiger partial charge in [-0.2, -0.15) is 0 Å². The third kappa shape index (κ3) is 11.1. The summed E-state index contributed by atoms with van der Waals surface area (Å²) in [6, 6.07) is 30.0. The molecule has 0 fully saturated rings. The van der Waals surface area contributed by atoms with Crippen molar-refractivity contribution in [1.29, 1.82) is 0 Å². The van der Waals surface area contributed by atoms with Crippen molar-refractivity contribution in [3.63, 3.8) is 0 Å².